The summed E-state index contributed by atoms with van der Waals surface area (Å²) in [6.45, 7) is 2.00. The lowest BCUT2D eigenvalue weighted by Gasteiger charge is -2.31. The number of carbonyl (C=O) groups is 2. The number of imidazole rings is 1. The van der Waals surface area contributed by atoms with Crippen molar-refractivity contribution in [3.8, 4) is 0 Å². The molecule has 1 aliphatic rings. The highest BCUT2D eigenvalue weighted by Crippen LogP contribution is 2.21. The number of likely N-dealkylation sites (tertiary alicyclic amines) is 1. The molecule has 0 atom stereocenters. The Balaban J connectivity index is 1.16. The number of nitrogens with one attached hydrogen (secondary N) is 2. The SMILES string of the molecule is Cn1ccn2ncc(C(=O)NCC3CCN(C(=O)c4cc5ccccc5[nH]4)CC3)c12. The minimum atomic E-state index is -0.108. The van der Waals surface area contributed by atoms with E-state index in [1.165, 1.54) is 0 Å². The Labute approximate surface area is 173 Å². The maximum atomic E-state index is 12.8. The quantitative estimate of drug-likeness (QED) is 0.548. The second kappa shape index (κ2) is 7.37. The number of carbonyl (C=O) groups excluding carboxylic acids is 2. The monoisotopic (exact) mass is 404 g/mol. The predicted octanol–water partition coefficient (Wildman–Crippen LogP) is 2.44. The summed E-state index contributed by atoms with van der Waals surface area (Å²) in [5.74, 6) is 0.295. The van der Waals surface area contributed by atoms with E-state index in [4.69, 9.17) is 0 Å². The fourth-order valence-corrected chi connectivity index (χ4v) is 4.24. The first kappa shape index (κ1) is 18.5. The van der Waals surface area contributed by atoms with Crippen LogP contribution >= 0.6 is 0 Å². The molecule has 1 aliphatic heterocycles. The molecule has 154 valence electrons. The van der Waals surface area contributed by atoms with Crippen LogP contribution in [0.5, 0.6) is 0 Å². The second-order valence-corrected chi connectivity index (χ2v) is 7.95. The van der Waals surface area contributed by atoms with Crippen molar-refractivity contribution in [1.29, 1.82) is 0 Å². The van der Waals surface area contributed by atoms with Crippen LogP contribution < -0.4 is 5.32 Å². The van der Waals surface area contributed by atoms with Crippen molar-refractivity contribution in [3.05, 3.63) is 60.2 Å². The summed E-state index contributed by atoms with van der Waals surface area (Å²) >= 11 is 0. The van der Waals surface area contributed by atoms with Crippen LogP contribution in [0.1, 0.15) is 33.7 Å². The zero-order valence-electron chi connectivity index (χ0n) is 16.8. The van der Waals surface area contributed by atoms with Gasteiger partial charge in [0.25, 0.3) is 11.8 Å². The van der Waals surface area contributed by atoms with E-state index in [2.05, 4.69) is 15.4 Å². The number of aromatic amines is 1. The topological polar surface area (TPSA) is 87.4 Å². The fourth-order valence-electron chi connectivity index (χ4n) is 4.24. The molecule has 3 aromatic heterocycles. The Hall–Kier alpha value is -3.55. The first-order valence-electron chi connectivity index (χ1n) is 10.2. The largest absolute Gasteiger partial charge is 0.352 e. The molecule has 8 heteroatoms. The number of nitrogens with zero attached hydrogens (tertiary/aromatic N) is 4. The summed E-state index contributed by atoms with van der Waals surface area (Å²) in [6, 6.07) is 9.82. The molecule has 1 fully saturated rings. The third-order valence-electron chi connectivity index (χ3n) is 5.99. The van der Waals surface area contributed by atoms with E-state index in [1.54, 1.807) is 10.7 Å². The van der Waals surface area contributed by atoms with Crippen LogP contribution in [0.4, 0.5) is 0 Å². The highest BCUT2D eigenvalue weighted by molar-refractivity contribution is 6.00. The van der Waals surface area contributed by atoms with Gasteiger partial charge in [-0.15, -0.1) is 0 Å². The number of H-pyrrole nitrogens is 1. The van der Waals surface area contributed by atoms with Gasteiger partial charge < -0.3 is 19.8 Å². The highest BCUT2D eigenvalue weighted by Gasteiger charge is 2.25. The molecule has 0 spiro atoms. The van der Waals surface area contributed by atoms with Crippen LogP contribution in [0.15, 0.2) is 48.9 Å². The first-order chi connectivity index (χ1) is 14.6. The van der Waals surface area contributed by atoms with Gasteiger partial charge in [-0.2, -0.15) is 5.10 Å². The van der Waals surface area contributed by atoms with E-state index >= 15 is 0 Å². The van der Waals surface area contributed by atoms with Crippen molar-refractivity contribution in [1.82, 2.24) is 29.4 Å². The van der Waals surface area contributed by atoms with Gasteiger partial charge >= 0.3 is 0 Å². The number of rotatable bonds is 4. The molecule has 0 radical (unpaired) electrons. The Morgan fingerprint density at radius 3 is 2.80 bits per heavy atom. The highest BCUT2D eigenvalue weighted by atomic mass is 16.2. The summed E-state index contributed by atoms with van der Waals surface area (Å²) in [7, 11) is 1.90. The summed E-state index contributed by atoms with van der Waals surface area (Å²) in [4.78, 5) is 30.6. The molecule has 0 unspecified atom stereocenters. The maximum absolute atomic E-state index is 12.8. The van der Waals surface area contributed by atoms with Gasteiger partial charge in [0, 0.05) is 50.0 Å². The summed E-state index contributed by atoms with van der Waals surface area (Å²) < 4.78 is 3.58. The normalized spacial score (nSPS) is 15.2. The number of hydrogen-bond acceptors (Lipinski definition) is 3. The van der Waals surface area contributed by atoms with Crippen molar-refractivity contribution < 1.29 is 9.59 Å². The average molecular weight is 404 g/mol. The van der Waals surface area contributed by atoms with E-state index in [0.717, 1.165) is 29.4 Å². The molecule has 0 aliphatic carbocycles. The lowest BCUT2D eigenvalue weighted by molar-refractivity contribution is 0.0679. The van der Waals surface area contributed by atoms with Gasteiger partial charge in [-0.05, 0) is 30.9 Å². The van der Waals surface area contributed by atoms with Crippen LogP contribution in [0, 0.1) is 5.92 Å². The van der Waals surface area contributed by atoms with Gasteiger partial charge in [-0.3, -0.25) is 9.59 Å². The molecular weight excluding hydrogens is 380 g/mol. The molecule has 0 bridgehead atoms. The van der Waals surface area contributed by atoms with E-state index in [9.17, 15) is 9.59 Å². The zero-order chi connectivity index (χ0) is 20.7. The van der Waals surface area contributed by atoms with Crippen LogP contribution in [-0.2, 0) is 7.05 Å². The Morgan fingerprint density at radius 2 is 2.00 bits per heavy atom. The van der Waals surface area contributed by atoms with Crippen LogP contribution in [0.25, 0.3) is 16.6 Å². The lowest BCUT2D eigenvalue weighted by Crippen LogP contribution is -2.41. The van der Waals surface area contributed by atoms with Crippen LogP contribution in [-0.4, -0.2) is 55.5 Å². The Bertz CT molecular complexity index is 1190. The minimum Gasteiger partial charge on any atom is -0.352 e. The number of amides is 2. The number of piperidine rings is 1. The van der Waals surface area contributed by atoms with E-state index < -0.39 is 0 Å². The molecule has 8 nitrogen and oxygen atoms in total. The molecule has 4 heterocycles. The van der Waals surface area contributed by atoms with Crippen molar-refractivity contribution >= 4 is 28.4 Å². The molecule has 30 heavy (non-hydrogen) atoms. The number of hydrogen-bond donors (Lipinski definition) is 2. The van der Waals surface area contributed by atoms with Crippen molar-refractivity contribution in [2.24, 2.45) is 13.0 Å². The summed E-state index contributed by atoms with van der Waals surface area (Å²) in [5.41, 5.74) is 2.97. The summed E-state index contributed by atoms with van der Waals surface area (Å²) in [6.07, 6.45) is 7.05. The van der Waals surface area contributed by atoms with Gasteiger partial charge in [0.2, 0.25) is 0 Å². The van der Waals surface area contributed by atoms with Gasteiger partial charge in [-0.1, -0.05) is 18.2 Å². The minimum absolute atomic E-state index is 0.0414. The zero-order valence-corrected chi connectivity index (χ0v) is 16.8. The van der Waals surface area contributed by atoms with E-state index in [0.29, 0.717) is 36.8 Å². The molecular formula is C22H24N6O2. The molecule has 0 saturated carbocycles. The number of benzene rings is 1. The standard InChI is InChI=1S/C22H24N6O2/c1-26-10-11-28-21(26)17(14-24-28)20(29)23-13-15-6-8-27(9-7-15)22(30)19-12-16-4-2-3-5-18(16)25-19/h2-5,10-12,14-15,25H,6-9,13H2,1H3,(H,23,29). The molecule has 5 rings (SSSR count). The van der Waals surface area contributed by atoms with Crippen molar-refractivity contribution in [2.45, 2.75) is 12.8 Å². The molecule has 1 saturated heterocycles. The lowest BCUT2D eigenvalue weighted by atomic mass is 9.96. The number of para-hydroxylation sites is 1. The van der Waals surface area contributed by atoms with Crippen LogP contribution in [0.3, 0.4) is 0 Å². The third kappa shape index (κ3) is 3.24. The van der Waals surface area contributed by atoms with Gasteiger partial charge in [0.15, 0.2) is 0 Å². The number of aryl methyl sites for hydroxylation is 1. The van der Waals surface area contributed by atoms with Gasteiger partial charge in [0.1, 0.15) is 16.9 Å². The summed E-state index contributed by atoms with van der Waals surface area (Å²) in [5, 5.41) is 8.31. The fraction of sp³-hybridized carbons (Fsp3) is 0.318. The van der Waals surface area contributed by atoms with Crippen molar-refractivity contribution in [2.75, 3.05) is 19.6 Å². The molecule has 4 aromatic rings. The first-order valence-corrected chi connectivity index (χ1v) is 10.2. The van der Waals surface area contributed by atoms with E-state index in [1.807, 2.05) is 59.2 Å². The van der Waals surface area contributed by atoms with Gasteiger partial charge in [0.05, 0.1) is 6.20 Å². The molecule has 2 N–H and O–H groups in total. The molecule has 1 aromatic carbocycles. The maximum Gasteiger partial charge on any atom is 0.270 e. The Morgan fingerprint density at radius 1 is 1.20 bits per heavy atom. The van der Waals surface area contributed by atoms with Gasteiger partial charge in [-0.25, -0.2) is 4.52 Å². The number of fused-ring (bicyclic) bond motifs is 2. The van der Waals surface area contributed by atoms with Crippen LogP contribution in [0.2, 0.25) is 0 Å². The average Bonchev–Trinajstić information content (AvgIpc) is 3.48. The van der Waals surface area contributed by atoms with E-state index in [-0.39, 0.29) is 11.8 Å². The third-order valence-corrected chi connectivity index (χ3v) is 5.99. The number of aromatic nitrogens is 4. The van der Waals surface area contributed by atoms with Crippen molar-refractivity contribution in [3.63, 3.8) is 0 Å². The smallest absolute Gasteiger partial charge is 0.270 e. The second-order valence-electron chi connectivity index (χ2n) is 7.95. The molecule has 2 amide bonds. The Kier molecular flexibility index (Phi) is 4.54. The predicted molar refractivity (Wildman–Crippen MR) is 113 cm³/mol.